The highest BCUT2D eigenvalue weighted by Crippen LogP contribution is 2.54. The maximum Gasteiger partial charge on any atom is 0.308 e. The number of nitrogens with one attached hydrogen (secondary N) is 1. The van der Waals surface area contributed by atoms with Crippen LogP contribution in [0.25, 0.3) is 0 Å². The van der Waals surface area contributed by atoms with Gasteiger partial charge in [0.05, 0.1) is 23.7 Å². The topological polar surface area (TPSA) is 97.7 Å². The number of anilines is 2. The number of imide groups is 1. The van der Waals surface area contributed by atoms with Crippen molar-refractivity contribution >= 4 is 63.5 Å². The van der Waals surface area contributed by atoms with Gasteiger partial charge in [-0.2, -0.15) is 0 Å². The first-order valence-corrected chi connectivity index (χ1v) is 14.8. The van der Waals surface area contributed by atoms with E-state index in [1.54, 1.807) is 31.4 Å². The number of hydrogen-bond donors (Lipinski definition) is 1. The molecule has 2 aromatic heterocycles. The van der Waals surface area contributed by atoms with Gasteiger partial charge in [0, 0.05) is 21.4 Å². The Morgan fingerprint density at radius 1 is 1.00 bits per heavy atom. The number of carbonyl (C=O) groups is 3. The van der Waals surface area contributed by atoms with Gasteiger partial charge in [0.2, 0.25) is 17.7 Å². The molecule has 3 unspecified atom stereocenters. The van der Waals surface area contributed by atoms with Crippen molar-refractivity contribution in [2.45, 2.75) is 29.7 Å². The normalized spacial score (nSPS) is 20.1. The summed E-state index contributed by atoms with van der Waals surface area (Å²) in [5.74, 6) is -1.46. The van der Waals surface area contributed by atoms with Crippen LogP contribution in [0.3, 0.4) is 0 Å². The van der Waals surface area contributed by atoms with E-state index in [1.807, 2.05) is 48.7 Å². The molecule has 6 rings (SSSR count). The van der Waals surface area contributed by atoms with E-state index in [1.165, 1.54) is 32.6 Å². The van der Waals surface area contributed by atoms with Crippen LogP contribution in [0.1, 0.15) is 21.2 Å². The first kappa shape index (κ1) is 25.6. The number of aromatic nitrogens is 1. The quantitative estimate of drug-likeness (QED) is 0.333. The number of methoxy groups -OCH3 is 1. The number of rotatable bonds is 6. The summed E-state index contributed by atoms with van der Waals surface area (Å²) in [6.45, 7) is 1.71. The molecule has 8 nitrogen and oxygen atoms in total. The molecule has 2 aliphatic rings. The van der Waals surface area contributed by atoms with Crippen LogP contribution in [0.5, 0.6) is 5.75 Å². The van der Waals surface area contributed by atoms with E-state index in [-0.39, 0.29) is 29.1 Å². The zero-order valence-electron chi connectivity index (χ0n) is 21.0. The molecule has 2 aliphatic heterocycles. The van der Waals surface area contributed by atoms with Gasteiger partial charge in [0.25, 0.3) is 0 Å². The number of ether oxygens (including phenoxy) is 1. The number of fused-ring (bicyclic) bond motifs is 2. The highest BCUT2D eigenvalue weighted by Gasteiger charge is 2.57. The number of thiophene rings is 1. The van der Waals surface area contributed by atoms with Crippen molar-refractivity contribution in [2.24, 2.45) is 5.92 Å². The largest absolute Gasteiger partial charge is 0.497 e. The molecule has 39 heavy (non-hydrogen) atoms. The Labute approximate surface area is 236 Å². The zero-order chi connectivity index (χ0) is 27.3. The predicted octanol–water partition coefficient (Wildman–Crippen LogP) is 4.72. The first-order chi connectivity index (χ1) is 18.9. The molecule has 198 valence electrons. The van der Waals surface area contributed by atoms with Crippen molar-refractivity contribution in [2.75, 3.05) is 17.3 Å². The second-order valence-corrected chi connectivity index (χ2v) is 12.4. The lowest BCUT2D eigenvalue weighted by atomic mass is 9.87. The van der Waals surface area contributed by atoms with Gasteiger partial charge < -0.3 is 10.1 Å². The van der Waals surface area contributed by atoms with Crippen LogP contribution in [0.4, 0.5) is 11.4 Å². The van der Waals surface area contributed by atoms with E-state index in [0.29, 0.717) is 22.2 Å². The third-order valence-electron chi connectivity index (χ3n) is 6.95. The predicted molar refractivity (Wildman–Crippen MR) is 153 cm³/mol. The number of para-hydroxylation sites is 1. The van der Waals surface area contributed by atoms with E-state index in [9.17, 15) is 19.2 Å². The molecule has 1 saturated heterocycles. The summed E-state index contributed by atoms with van der Waals surface area (Å²) >= 11 is 3.74. The molecule has 4 aromatic rings. The minimum Gasteiger partial charge on any atom is -0.497 e. The molecule has 0 bridgehead atoms. The molecule has 3 amide bonds. The Hall–Kier alpha value is -3.67. The lowest BCUT2D eigenvalue weighted by Gasteiger charge is -2.29. The van der Waals surface area contributed by atoms with Gasteiger partial charge >= 0.3 is 4.87 Å². The third-order valence-corrected chi connectivity index (χ3v) is 10.5. The number of thioether (sulfide) groups is 1. The van der Waals surface area contributed by atoms with Gasteiger partial charge in [0.15, 0.2) is 0 Å². The second-order valence-electron chi connectivity index (χ2n) is 9.25. The highest BCUT2D eigenvalue weighted by molar-refractivity contribution is 8.00. The number of carbonyl (C=O) groups excluding carboxylic acids is 3. The highest BCUT2D eigenvalue weighted by atomic mass is 32.2. The zero-order valence-corrected chi connectivity index (χ0v) is 23.4. The summed E-state index contributed by atoms with van der Waals surface area (Å²) in [7, 11) is 1.55. The van der Waals surface area contributed by atoms with Gasteiger partial charge in [0.1, 0.15) is 17.5 Å². The van der Waals surface area contributed by atoms with Gasteiger partial charge in [-0.05, 0) is 54.3 Å². The van der Waals surface area contributed by atoms with Crippen LogP contribution >= 0.6 is 34.4 Å². The van der Waals surface area contributed by atoms with Crippen LogP contribution in [0.2, 0.25) is 0 Å². The molecule has 0 aliphatic carbocycles. The number of thiazole rings is 1. The third kappa shape index (κ3) is 4.40. The van der Waals surface area contributed by atoms with Crippen LogP contribution in [0, 0.1) is 12.8 Å². The molecule has 4 heterocycles. The lowest BCUT2D eigenvalue weighted by molar-refractivity contribution is -0.122. The molecule has 1 N–H and O–H groups in total. The summed E-state index contributed by atoms with van der Waals surface area (Å²) in [6.07, 6.45) is 0. The minimum absolute atomic E-state index is 0.190. The number of aryl methyl sites for hydroxylation is 1. The van der Waals surface area contributed by atoms with E-state index >= 15 is 0 Å². The summed E-state index contributed by atoms with van der Waals surface area (Å²) in [5, 5.41) is 4.65. The van der Waals surface area contributed by atoms with Crippen molar-refractivity contribution in [1.29, 1.82) is 0 Å². The average Bonchev–Trinajstić information content (AvgIpc) is 3.63. The van der Waals surface area contributed by atoms with Crippen LogP contribution in [0.15, 0.2) is 75.9 Å². The Morgan fingerprint density at radius 3 is 2.46 bits per heavy atom. The summed E-state index contributed by atoms with van der Waals surface area (Å²) < 4.78 is 6.66. The van der Waals surface area contributed by atoms with Gasteiger partial charge in [-0.15, -0.1) is 11.3 Å². The minimum atomic E-state index is -0.723. The van der Waals surface area contributed by atoms with Crippen molar-refractivity contribution in [3.8, 4) is 5.75 Å². The summed E-state index contributed by atoms with van der Waals surface area (Å²) in [5.41, 5.74) is 2.06. The Balaban J connectivity index is 1.38. The van der Waals surface area contributed by atoms with Crippen molar-refractivity contribution < 1.29 is 19.1 Å². The van der Waals surface area contributed by atoms with Crippen LogP contribution in [-0.2, 0) is 20.9 Å². The molecule has 0 saturated carbocycles. The fraction of sp³-hybridized carbons (Fsp3) is 0.214. The number of hydrogen-bond acceptors (Lipinski definition) is 8. The number of benzene rings is 2. The molecule has 1 fully saturated rings. The monoisotopic (exact) mass is 577 g/mol. The maximum atomic E-state index is 13.8. The fourth-order valence-corrected chi connectivity index (χ4v) is 8.78. The van der Waals surface area contributed by atoms with Crippen molar-refractivity contribution in [3.63, 3.8) is 0 Å². The van der Waals surface area contributed by atoms with Crippen LogP contribution in [-0.4, -0.2) is 34.6 Å². The van der Waals surface area contributed by atoms with Crippen LogP contribution < -0.4 is 19.8 Å². The van der Waals surface area contributed by atoms with Gasteiger partial charge in [-0.3, -0.25) is 23.7 Å². The van der Waals surface area contributed by atoms with E-state index in [2.05, 4.69) is 5.32 Å². The lowest BCUT2D eigenvalue weighted by Crippen LogP contribution is -2.32. The molecule has 11 heteroatoms. The maximum absolute atomic E-state index is 13.8. The number of nitrogens with zero attached hydrogens (tertiary/aromatic N) is 2. The molecule has 3 atom stereocenters. The molecule has 0 radical (unpaired) electrons. The standard InChI is InChI=1S/C28H23N3O5S3/c1-15-6-3-4-7-18(15)29-20(32)14-30-27-24(39-28(30)35)21(19-8-5-13-37-19)22-23(38-27)26(34)31(25(22)33)16-9-11-17(36-2)12-10-16/h3-13,21-23H,14H2,1-2H3,(H,29,32). The van der Waals surface area contributed by atoms with Gasteiger partial charge in [-0.1, -0.05) is 47.4 Å². The first-order valence-electron chi connectivity index (χ1n) is 12.2. The number of amides is 3. The average molecular weight is 578 g/mol. The SMILES string of the molecule is COc1ccc(N2C(=O)C3Sc4c(sc(=O)n4CC(=O)Nc4ccccc4C)C(c4cccs4)C3C2=O)cc1. The molecular weight excluding hydrogens is 555 g/mol. The smallest absolute Gasteiger partial charge is 0.308 e. The summed E-state index contributed by atoms with van der Waals surface area (Å²) in [6, 6.07) is 18.1. The second kappa shape index (κ2) is 10.1. The van der Waals surface area contributed by atoms with E-state index in [4.69, 9.17) is 4.74 Å². The Kier molecular flexibility index (Phi) is 6.66. The van der Waals surface area contributed by atoms with E-state index < -0.39 is 17.1 Å². The Bertz CT molecular complexity index is 1640. The molecule has 2 aromatic carbocycles. The Morgan fingerprint density at radius 2 is 1.77 bits per heavy atom. The van der Waals surface area contributed by atoms with Crippen molar-refractivity contribution in [1.82, 2.24) is 4.57 Å². The molecular formula is C28H23N3O5S3. The van der Waals surface area contributed by atoms with Crippen molar-refractivity contribution in [3.05, 3.63) is 91.0 Å². The fourth-order valence-electron chi connectivity index (χ4n) is 5.06. The summed E-state index contributed by atoms with van der Waals surface area (Å²) in [4.78, 5) is 56.4. The van der Waals surface area contributed by atoms with Gasteiger partial charge in [-0.25, -0.2) is 4.90 Å². The molecule has 0 spiro atoms. The van der Waals surface area contributed by atoms with E-state index in [0.717, 1.165) is 26.7 Å².